The Labute approximate surface area is 95.1 Å². The first-order valence-electron chi connectivity index (χ1n) is 4.64. The lowest BCUT2D eigenvalue weighted by Crippen LogP contribution is -2.22. The third-order valence-corrected chi connectivity index (χ3v) is 3.52. The molecule has 0 atom stereocenters. The van der Waals surface area contributed by atoms with E-state index in [1.165, 1.54) is 36.2 Å². The average molecular weight is 242 g/mol. The molecular weight excluding hydrogens is 228 g/mol. The number of sulfonamides is 1. The summed E-state index contributed by atoms with van der Waals surface area (Å²) in [6, 6.07) is 5.80. The highest BCUT2D eigenvalue weighted by Crippen LogP contribution is 2.10. The Morgan fingerprint density at radius 3 is 2.06 bits per heavy atom. The zero-order chi connectivity index (χ0) is 12.3. The molecule has 5 nitrogen and oxygen atoms in total. The van der Waals surface area contributed by atoms with Gasteiger partial charge in [0.2, 0.25) is 10.0 Å². The lowest BCUT2D eigenvalue weighted by molar-refractivity contribution is 0.0827. The minimum atomic E-state index is -3.44. The van der Waals surface area contributed by atoms with Gasteiger partial charge in [0, 0.05) is 19.7 Å². The van der Waals surface area contributed by atoms with Crippen LogP contribution in [-0.2, 0) is 10.0 Å². The molecule has 88 valence electrons. The molecule has 1 rings (SSSR count). The molecule has 0 saturated carbocycles. The quantitative estimate of drug-likeness (QED) is 0.828. The van der Waals surface area contributed by atoms with Crippen molar-refractivity contribution < 1.29 is 13.2 Å². The largest absolute Gasteiger partial charge is 0.345 e. The van der Waals surface area contributed by atoms with Crippen molar-refractivity contribution >= 4 is 15.9 Å². The minimum absolute atomic E-state index is 0.144. The molecule has 1 aromatic carbocycles. The highest BCUT2D eigenvalue weighted by atomic mass is 32.2. The average Bonchev–Trinajstić information content (AvgIpc) is 2.28. The molecule has 0 unspecified atom stereocenters. The van der Waals surface area contributed by atoms with Crippen molar-refractivity contribution in [3.05, 3.63) is 29.8 Å². The summed E-state index contributed by atoms with van der Waals surface area (Å²) in [6.45, 7) is 0. The van der Waals surface area contributed by atoms with Gasteiger partial charge in [-0.3, -0.25) is 4.79 Å². The highest BCUT2D eigenvalue weighted by Gasteiger charge is 2.13. The van der Waals surface area contributed by atoms with Gasteiger partial charge in [-0.25, -0.2) is 13.1 Å². The molecule has 6 heteroatoms. The lowest BCUT2D eigenvalue weighted by Gasteiger charge is -2.10. The molecule has 0 spiro atoms. The molecule has 0 bridgehead atoms. The van der Waals surface area contributed by atoms with E-state index in [1.807, 2.05) is 0 Å². The first-order chi connectivity index (χ1) is 7.38. The van der Waals surface area contributed by atoms with Crippen LogP contribution in [0, 0.1) is 0 Å². The van der Waals surface area contributed by atoms with Gasteiger partial charge in [-0.1, -0.05) is 0 Å². The minimum Gasteiger partial charge on any atom is -0.345 e. The summed E-state index contributed by atoms with van der Waals surface area (Å²) in [5.74, 6) is -0.159. The van der Waals surface area contributed by atoms with E-state index >= 15 is 0 Å². The molecule has 1 amide bonds. The normalized spacial score (nSPS) is 11.2. The number of carbonyl (C=O) groups is 1. The second kappa shape index (κ2) is 4.63. The van der Waals surface area contributed by atoms with Crippen LogP contribution in [0.4, 0.5) is 0 Å². The van der Waals surface area contributed by atoms with Crippen molar-refractivity contribution in [1.29, 1.82) is 0 Å². The van der Waals surface area contributed by atoms with Gasteiger partial charge in [0.1, 0.15) is 0 Å². The van der Waals surface area contributed by atoms with E-state index in [0.717, 1.165) is 0 Å². The number of hydrogen-bond acceptors (Lipinski definition) is 3. The summed E-state index contributed by atoms with van der Waals surface area (Å²) in [5.41, 5.74) is 0.458. The number of benzene rings is 1. The molecule has 0 aromatic heterocycles. The van der Waals surface area contributed by atoms with E-state index in [1.54, 1.807) is 14.1 Å². The fraction of sp³-hybridized carbons (Fsp3) is 0.300. The zero-order valence-corrected chi connectivity index (χ0v) is 10.2. The molecular formula is C10H14N2O3S. The summed E-state index contributed by atoms with van der Waals surface area (Å²) in [6.07, 6.45) is 0. The van der Waals surface area contributed by atoms with Crippen LogP contribution in [0.2, 0.25) is 0 Å². The Kier molecular flexibility index (Phi) is 3.66. The lowest BCUT2D eigenvalue weighted by atomic mass is 10.2. The van der Waals surface area contributed by atoms with Gasteiger partial charge in [-0.15, -0.1) is 0 Å². The van der Waals surface area contributed by atoms with Crippen LogP contribution in [0.25, 0.3) is 0 Å². The van der Waals surface area contributed by atoms with Crippen LogP contribution < -0.4 is 4.72 Å². The van der Waals surface area contributed by atoms with E-state index in [-0.39, 0.29) is 10.8 Å². The molecule has 0 aliphatic rings. The Bertz CT molecular complexity index is 477. The van der Waals surface area contributed by atoms with Gasteiger partial charge in [-0.2, -0.15) is 0 Å². The van der Waals surface area contributed by atoms with E-state index < -0.39 is 10.0 Å². The Morgan fingerprint density at radius 1 is 1.19 bits per heavy atom. The number of hydrogen-bond donors (Lipinski definition) is 1. The van der Waals surface area contributed by atoms with Crippen molar-refractivity contribution in [2.24, 2.45) is 0 Å². The van der Waals surface area contributed by atoms with Crippen LogP contribution >= 0.6 is 0 Å². The number of carbonyl (C=O) groups excluding carboxylic acids is 1. The standard InChI is InChI=1S/C10H14N2O3S/c1-11-16(14,15)9-6-4-8(5-7-9)10(13)12(2)3/h4-7,11H,1-3H3. The fourth-order valence-electron chi connectivity index (χ4n) is 1.15. The number of amides is 1. The predicted octanol–water partition coefficient (Wildman–Crippen LogP) is 0.296. The van der Waals surface area contributed by atoms with Gasteiger partial charge >= 0.3 is 0 Å². The van der Waals surface area contributed by atoms with Crippen molar-refractivity contribution in [2.45, 2.75) is 4.90 Å². The zero-order valence-electron chi connectivity index (χ0n) is 9.39. The Morgan fingerprint density at radius 2 is 1.69 bits per heavy atom. The molecule has 16 heavy (non-hydrogen) atoms. The summed E-state index contributed by atoms with van der Waals surface area (Å²) < 4.78 is 25.0. The SMILES string of the molecule is CNS(=O)(=O)c1ccc(C(=O)N(C)C)cc1. The van der Waals surface area contributed by atoms with Crippen LogP contribution in [0.3, 0.4) is 0 Å². The third kappa shape index (κ3) is 2.59. The van der Waals surface area contributed by atoms with Crippen LogP contribution in [0.15, 0.2) is 29.2 Å². The third-order valence-electron chi connectivity index (χ3n) is 2.09. The van der Waals surface area contributed by atoms with Gasteiger partial charge in [0.15, 0.2) is 0 Å². The summed E-state index contributed by atoms with van der Waals surface area (Å²) in [7, 11) is 1.18. The van der Waals surface area contributed by atoms with E-state index in [9.17, 15) is 13.2 Å². The van der Waals surface area contributed by atoms with Gasteiger partial charge in [0.25, 0.3) is 5.91 Å². The van der Waals surface area contributed by atoms with Crippen LogP contribution in [-0.4, -0.2) is 40.4 Å². The van der Waals surface area contributed by atoms with Gasteiger partial charge < -0.3 is 4.90 Å². The smallest absolute Gasteiger partial charge is 0.253 e. The molecule has 0 heterocycles. The predicted molar refractivity (Wildman–Crippen MR) is 60.7 cm³/mol. The number of nitrogens with one attached hydrogen (secondary N) is 1. The topological polar surface area (TPSA) is 66.5 Å². The highest BCUT2D eigenvalue weighted by molar-refractivity contribution is 7.89. The maximum absolute atomic E-state index is 11.5. The summed E-state index contributed by atoms with van der Waals surface area (Å²) >= 11 is 0. The van der Waals surface area contributed by atoms with Gasteiger partial charge in [-0.05, 0) is 31.3 Å². The maximum atomic E-state index is 11.5. The molecule has 0 aliphatic carbocycles. The van der Waals surface area contributed by atoms with Crippen molar-refractivity contribution in [3.63, 3.8) is 0 Å². The molecule has 0 fully saturated rings. The second-order valence-corrected chi connectivity index (χ2v) is 5.32. The molecule has 1 N–H and O–H groups in total. The fourth-order valence-corrected chi connectivity index (χ4v) is 1.88. The van der Waals surface area contributed by atoms with Crippen molar-refractivity contribution in [3.8, 4) is 0 Å². The molecule has 0 saturated heterocycles. The first-order valence-corrected chi connectivity index (χ1v) is 6.12. The molecule has 0 radical (unpaired) electrons. The second-order valence-electron chi connectivity index (χ2n) is 3.43. The van der Waals surface area contributed by atoms with Gasteiger partial charge in [0.05, 0.1) is 4.90 Å². The van der Waals surface area contributed by atoms with Crippen molar-refractivity contribution in [2.75, 3.05) is 21.1 Å². The van der Waals surface area contributed by atoms with Crippen molar-refractivity contribution in [1.82, 2.24) is 9.62 Å². The first kappa shape index (κ1) is 12.7. The monoisotopic (exact) mass is 242 g/mol. The summed E-state index contributed by atoms with van der Waals surface area (Å²) in [5, 5.41) is 0. The van der Waals surface area contributed by atoms with E-state index in [2.05, 4.69) is 4.72 Å². The van der Waals surface area contributed by atoms with E-state index in [4.69, 9.17) is 0 Å². The molecule has 1 aromatic rings. The van der Waals surface area contributed by atoms with Crippen LogP contribution in [0.1, 0.15) is 10.4 Å². The maximum Gasteiger partial charge on any atom is 0.253 e. The Hall–Kier alpha value is -1.40. The molecule has 0 aliphatic heterocycles. The Balaban J connectivity index is 3.06. The number of nitrogens with zero attached hydrogens (tertiary/aromatic N) is 1. The van der Waals surface area contributed by atoms with Crippen LogP contribution in [0.5, 0.6) is 0 Å². The number of rotatable bonds is 3. The summed E-state index contributed by atoms with van der Waals surface area (Å²) in [4.78, 5) is 13.1. The van der Waals surface area contributed by atoms with E-state index in [0.29, 0.717) is 5.56 Å².